The van der Waals surface area contributed by atoms with Crippen LogP contribution < -0.4 is 5.32 Å². The van der Waals surface area contributed by atoms with Gasteiger partial charge in [-0.1, -0.05) is 13.8 Å². The molecule has 1 unspecified atom stereocenters. The van der Waals surface area contributed by atoms with Crippen molar-refractivity contribution in [2.24, 2.45) is 5.92 Å². The molecule has 3 nitrogen and oxygen atoms in total. The van der Waals surface area contributed by atoms with Crippen LogP contribution in [-0.4, -0.2) is 36.6 Å². The maximum atomic E-state index is 12.9. The molecule has 1 aromatic heterocycles. The second kappa shape index (κ2) is 6.92. The minimum absolute atomic E-state index is 0.0685. The number of halogens is 3. The first kappa shape index (κ1) is 16.8. The molecule has 0 aromatic carbocycles. The van der Waals surface area contributed by atoms with Crippen LogP contribution in [0.4, 0.5) is 19.0 Å². The van der Waals surface area contributed by atoms with E-state index in [0.717, 1.165) is 12.5 Å². The Morgan fingerprint density at radius 1 is 1.30 bits per heavy atom. The molecule has 0 aliphatic rings. The molecule has 1 atom stereocenters. The van der Waals surface area contributed by atoms with Gasteiger partial charge in [0.1, 0.15) is 5.82 Å². The third kappa shape index (κ3) is 5.36. The maximum absolute atomic E-state index is 12.9. The van der Waals surface area contributed by atoms with Crippen LogP contribution in [0.3, 0.4) is 0 Å². The van der Waals surface area contributed by atoms with Crippen molar-refractivity contribution in [3.05, 3.63) is 23.9 Å². The summed E-state index contributed by atoms with van der Waals surface area (Å²) in [7, 11) is 3.80. The van der Waals surface area contributed by atoms with Gasteiger partial charge in [0.25, 0.3) is 0 Å². The maximum Gasteiger partial charge on any atom is 0.419 e. The molecular weight excluding hydrogens is 267 g/mol. The third-order valence-corrected chi connectivity index (χ3v) is 2.80. The van der Waals surface area contributed by atoms with Crippen molar-refractivity contribution < 1.29 is 13.2 Å². The number of hydrogen-bond donors (Lipinski definition) is 1. The summed E-state index contributed by atoms with van der Waals surface area (Å²) in [6, 6.07) is 2.29. The minimum atomic E-state index is -4.39. The summed E-state index contributed by atoms with van der Waals surface area (Å²) in [5, 5.41) is 2.94. The van der Waals surface area contributed by atoms with Gasteiger partial charge >= 0.3 is 6.18 Å². The first-order chi connectivity index (χ1) is 9.20. The van der Waals surface area contributed by atoms with Gasteiger partial charge in [0.2, 0.25) is 0 Å². The number of pyridine rings is 1. The Bertz CT molecular complexity index is 406. The normalized spacial score (nSPS) is 13.8. The van der Waals surface area contributed by atoms with Crippen LogP contribution in [0.1, 0.15) is 25.8 Å². The average molecular weight is 289 g/mol. The Labute approximate surface area is 118 Å². The Kier molecular flexibility index (Phi) is 5.80. The highest BCUT2D eigenvalue weighted by Gasteiger charge is 2.34. The monoisotopic (exact) mass is 289 g/mol. The summed E-state index contributed by atoms with van der Waals surface area (Å²) >= 11 is 0. The van der Waals surface area contributed by atoms with Crippen molar-refractivity contribution in [2.45, 2.75) is 32.5 Å². The smallest absolute Gasteiger partial charge is 0.366 e. The van der Waals surface area contributed by atoms with E-state index in [1.165, 1.54) is 12.3 Å². The lowest BCUT2D eigenvalue weighted by atomic mass is 10.0. The first-order valence-electron chi connectivity index (χ1n) is 6.63. The Hall–Kier alpha value is -1.30. The molecule has 0 saturated heterocycles. The topological polar surface area (TPSA) is 28.2 Å². The molecule has 20 heavy (non-hydrogen) atoms. The van der Waals surface area contributed by atoms with Crippen LogP contribution in [0.15, 0.2) is 18.3 Å². The van der Waals surface area contributed by atoms with E-state index >= 15 is 0 Å². The van der Waals surface area contributed by atoms with Crippen molar-refractivity contribution in [2.75, 3.05) is 26.0 Å². The zero-order chi connectivity index (χ0) is 15.3. The standard InChI is InChI=1S/C14H22F3N3/c1-10(2)8-11(9-20(3)4)19-13-12(14(15,16)17)6-5-7-18-13/h5-7,10-11H,8-9H2,1-4H3,(H,18,19). The van der Waals surface area contributed by atoms with Gasteiger partial charge in [-0.05, 0) is 38.6 Å². The molecule has 0 spiro atoms. The lowest BCUT2D eigenvalue weighted by molar-refractivity contribution is -0.137. The summed E-state index contributed by atoms with van der Waals surface area (Å²) in [5.41, 5.74) is -0.715. The van der Waals surface area contributed by atoms with E-state index < -0.39 is 11.7 Å². The van der Waals surface area contributed by atoms with Gasteiger partial charge in [-0.2, -0.15) is 13.2 Å². The van der Waals surface area contributed by atoms with Crippen molar-refractivity contribution in [1.82, 2.24) is 9.88 Å². The second-order valence-corrected chi connectivity index (χ2v) is 5.63. The van der Waals surface area contributed by atoms with E-state index in [2.05, 4.69) is 10.3 Å². The van der Waals surface area contributed by atoms with Gasteiger partial charge in [0.15, 0.2) is 0 Å². The number of aromatic nitrogens is 1. The number of anilines is 1. The van der Waals surface area contributed by atoms with Gasteiger partial charge < -0.3 is 10.2 Å². The zero-order valence-corrected chi connectivity index (χ0v) is 12.3. The molecule has 0 saturated carbocycles. The van der Waals surface area contributed by atoms with Gasteiger partial charge in [0, 0.05) is 18.8 Å². The number of nitrogens with one attached hydrogen (secondary N) is 1. The predicted molar refractivity (Wildman–Crippen MR) is 74.7 cm³/mol. The quantitative estimate of drug-likeness (QED) is 0.869. The summed E-state index contributed by atoms with van der Waals surface area (Å²) in [6.07, 6.45) is -2.23. The molecular formula is C14H22F3N3. The summed E-state index contributed by atoms with van der Waals surface area (Å²) in [6.45, 7) is 4.76. The third-order valence-electron chi connectivity index (χ3n) is 2.80. The fourth-order valence-corrected chi connectivity index (χ4v) is 2.13. The van der Waals surface area contributed by atoms with E-state index in [0.29, 0.717) is 12.5 Å². The predicted octanol–water partition coefficient (Wildman–Crippen LogP) is 3.49. The molecule has 0 aliphatic carbocycles. The van der Waals surface area contributed by atoms with Crippen LogP contribution in [0, 0.1) is 5.92 Å². The van der Waals surface area contributed by atoms with E-state index in [1.807, 2.05) is 32.8 Å². The molecule has 6 heteroatoms. The Morgan fingerprint density at radius 2 is 1.95 bits per heavy atom. The Morgan fingerprint density at radius 3 is 2.45 bits per heavy atom. The number of alkyl halides is 3. The SMILES string of the molecule is CC(C)CC(CN(C)C)Nc1ncccc1C(F)(F)F. The fraction of sp³-hybridized carbons (Fsp3) is 0.643. The summed E-state index contributed by atoms with van der Waals surface area (Å²) in [4.78, 5) is 5.80. The van der Waals surface area contributed by atoms with Crippen LogP contribution in [0.25, 0.3) is 0 Å². The van der Waals surface area contributed by atoms with Crippen LogP contribution in [0.5, 0.6) is 0 Å². The highest BCUT2D eigenvalue weighted by molar-refractivity contribution is 5.46. The molecule has 0 amide bonds. The van der Waals surface area contributed by atoms with Crippen molar-refractivity contribution >= 4 is 5.82 Å². The zero-order valence-electron chi connectivity index (χ0n) is 12.3. The second-order valence-electron chi connectivity index (χ2n) is 5.63. The molecule has 1 heterocycles. The largest absolute Gasteiger partial charge is 0.419 e. The molecule has 1 aromatic rings. The molecule has 0 fully saturated rings. The molecule has 0 bridgehead atoms. The lowest BCUT2D eigenvalue weighted by Crippen LogP contribution is -2.34. The molecule has 0 aliphatic heterocycles. The first-order valence-corrected chi connectivity index (χ1v) is 6.63. The van der Waals surface area contributed by atoms with E-state index in [4.69, 9.17) is 0 Å². The summed E-state index contributed by atoms with van der Waals surface area (Å²) < 4.78 is 38.8. The van der Waals surface area contributed by atoms with Gasteiger partial charge in [-0.3, -0.25) is 0 Å². The number of nitrogens with zero attached hydrogens (tertiary/aromatic N) is 2. The number of hydrogen-bond acceptors (Lipinski definition) is 3. The Balaban J connectivity index is 2.93. The van der Waals surface area contributed by atoms with E-state index in [-0.39, 0.29) is 11.9 Å². The summed E-state index contributed by atoms with van der Waals surface area (Å²) in [5.74, 6) is 0.304. The van der Waals surface area contributed by atoms with Crippen molar-refractivity contribution in [3.8, 4) is 0 Å². The van der Waals surface area contributed by atoms with Crippen LogP contribution in [-0.2, 0) is 6.18 Å². The lowest BCUT2D eigenvalue weighted by Gasteiger charge is -2.25. The van der Waals surface area contributed by atoms with Crippen molar-refractivity contribution in [1.29, 1.82) is 0 Å². The molecule has 1 N–H and O–H groups in total. The van der Waals surface area contributed by atoms with Crippen molar-refractivity contribution in [3.63, 3.8) is 0 Å². The number of rotatable bonds is 6. The van der Waals surface area contributed by atoms with Crippen LogP contribution in [0.2, 0.25) is 0 Å². The minimum Gasteiger partial charge on any atom is -0.366 e. The van der Waals surface area contributed by atoms with Gasteiger partial charge in [0.05, 0.1) is 5.56 Å². The van der Waals surface area contributed by atoms with E-state index in [1.54, 1.807) is 0 Å². The van der Waals surface area contributed by atoms with Crippen LogP contribution >= 0.6 is 0 Å². The number of likely N-dealkylation sites (N-methyl/N-ethyl adjacent to an activating group) is 1. The van der Waals surface area contributed by atoms with E-state index in [9.17, 15) is 13.2 Å². The highest BCUT2D eigenvalue weighted by Crippen LogP contribution is 2.33. The van der Waals surface area contributed by atoms with Gasteiger partial charge in [-0.25, -0.2) is 4.98 Å². The molecule has 0 radical (unpaired) electrons. The molecule has 1 rings (SSSR count). The van der Waals surface area contributed by atoms with Gasteiger partial charge in [-0.15, -0.1) is 0 Å². The average Bonchev–Trinajstić information content (AvgIpc) is 2.26. The molecule has 114 valence electrons. The fourth-order valence-electron chi connectivity index (χ4n) is 2.13. The highest BCUT2D eigenvalue weighted by atomic mass is 19.4.